The number of nitrogens with one attached hydrogen (secondary N) is 2. The molecule has 0 unspecified atom stereocenters. The monoisotopic (exact) mass is 363 g/mol. The van der Waals surface area contributed by atoms with E-state index in [9.17, 15) is 9.59 Å². The van der Waals surface area contributed by atoms with E-state index in [1.807, 2.05) is 65.0 Å². The van der Waals surface area contributed by atoms with Crippen LogP contribution in [0.15, 0.2) is 48.7 Å². The van der Waals surface area contributed by atoms with Crippen molar-refractivity contribution in [2.45, 2.75) is 25.7 Å². The second kappa shape index (κ2) is 7.11. The SMILES string of the molecule is Cn1cccc1CC(=O)NNC(=O)c1nn(-c2ccccc2)c2c1CCC2. The molecule has 4 rings (SSSR count). The first-order valence-corrected chi connectivity index (χ1v) is 8.99. The molecule has 3 aromatic rings. The van der Waals surface area contributed by atoms with Crippen LogP contribution < -0.4 is 10.9 Å². The second-order valence-corrected chi connectivity index (χ2v) is 6.66. The fourth-order valence-electron chi connectivity index (χ4n) is 3.48. The van der Waals surface area contributed by atoms with Crippen molar-refractivity contribution in [3.63, 3.8) is 0 Å². The summed E-state index contributed by atoms with van der Waals surface area (Å²) in [5.74, 6) is -0.660. The third kappa shape index (κ3) is 3.36. The molecule has 1 aliphatic carbocycles. The summed E-state index contributed by atoms with van der Waals surface area (Å²) in [7, 11) is 1.88. The fraction of sp³-hybridized carbons (Fsp3) is 0.250. The first-order valence-electron chi connectivity index (χ1n) is 8.99. The van der Waals surface area contributed by atoms with Crippen molar-refractivity contribution < 1.29 is 9.59 Å². The molecule has 0 fully saturated rings. The highest BCUT2D eigenvalue weighted by Gasteiger charge is 2.27. The van der Waals surface area contributed by atoms with Gasteiger partial charge < -0.3 is 4.57 Å². The van der Waals surface area contributed by atoms with Crippen LogP contribution in [0.1, 0.15) is 33.9 Å². The van der Waals surface area contributed by atoms with Crippen LogP contribution >= 0.6 is 0 Å². The Morgan fingerprint density at radius 3 is 2.63 bits per heavy atom. The van der Waals surface area contributed by atoms with Crippen LogP contribution in [-0.2, 0) is 31.1 Å². The zero-order chi connectivity index (χ0) is 18.8. The van der Waals surface area contributed by atoms with Gasteiger partial charge in [0.15, 0.2) is 5.69 Å². The molecule has 1 aromatic carbocycles. The first-order chi connectivity index (χ1) is 13.1. The Morgan fingerprint density at radius 2 is 1.89 bits per heavy atom. The topological polar surface area (TPSA) is 81.0 Å². The average Bonchev–Trinajstić information content (AvgIpc) is 3.38. The largest absolute Gasteiger partial charge is 0.354 e. The maximum atomic E-state index is 12.6. The Labute approximate surface area is 157 Å². The third-order valence-corrected chi connectivity index (χ3v) is 4.85. The van der Waals surface area contributed by atoms with Crippen LogP contribution in [0.25, 0.3) is 5.69 Å². The van der Waals surface area contributed by atoms with Crippen molar-refractivity contribution in [3.8, 4) is 5.69 Å². The van der Waals surface area contributed by atoms with E-state index in [-0.39, 0.29) is 18.2 Å². The Bertz CT molecular complexity index is 987. The number of rotatable bonds is 4. The quantitative estimate of drug-likeness (QED) is 0.693. The maximum absolute atomic E-state index is 12.6. The van der Waals surface area contributed by atoms with Gasteiger partial charge in [-0.25, -0.2) is 4.68 Å². The van der Waals surface area contributed by atoms with Crippen LogP contribution in [0.2, 0.25) is 0 Å². The molecule has 2 heterocycles. The highest BCUT2D eigenvalue weighted by molar-refractivity contribution is 5.95. The molecule has 0 bridgehead atoms. The van der Waals surface area contributed by atoms with Crippen molar-refractivity contribution in [2.75, 3.05) is 0 Å². The van der Waals surface area contributed by atoms with E-state index in [0.717, 1.165) is 41.9 Å². The molecular formula is C20H21N5O2. The summed E-state index contributed by atoms with van der Waals surface area (Å²) in [5, 5.41) is 4.52. The number of carbonyl (C=O) groups excluding carboxylic acids is 2. The number of hydrazine groups is 1. The molecular weight excluding hydrogens is 342 g/mol. The summed E-state index contributed by atoms with van der Waals surface area (Å²) in [5.41, 5.74) is 9.21. The average molecular weight is 363 g/mol. The van der Waals surface area contributed by atoms with E-state index in [2.05, 4.69) is 16.0 Å². The van der Waals surface area contributed by atoms with Crippen LogP contribution in [0, 0.1) is 0 Å². The number of hydrogen-bond acceptors (Lipinski definition) is 3. The van der Waals surface area contributed by atoms with Crippen LogP contribution in [0.4, 0.5) is 0 Å². The lowest BCUT2D eigenvalue weighted by molar-refractivity contribution is -0.121. The van der Waals surface area contributed by atoms with Gasteiger partial charge in [-0.2, -0.15) is 5.10 Å². The standard InChI is InChI=1S/C20H21N5O2/c1-24-12-6-9-15(24)13-18(26)21-22-20(27)19-16-10-5-11-17(16)25(23-19)14-7-3-2-4-8-14/h2-4,6-9,12H,5,10-11,13H2,1H3,(H,21,26)(H,22,27). The van der Waals surface area contributed by atoms with Crippen molar-refractivity contribution in [2.24, 2.45) is 7.05 Å². The molecule has 0 radical (unpaired) electrons. The van der Waals surface area contributed by atoms with Gasteiger partial charge in [0.2, 0.25) is 5.91 Å². The summed E-state index contributed by atoms with van der Waals surface area (Å²) in [6.07, 6.45) is 4.79. The van der Waals surface area contributed by atoms with Gasteiger partial charge in [-0.1, -0.05) is 18.2 Å². The Morgan fingerprint density at radius 1 is 1.07 bits per heavy atom. The maximum Gasteiger partial charge on any atom is 0.290 e. The number of aromatic nitrogens is 3. The Hall–Kier alpha value is -3.35. The van der Waals surface area contributed by atoms with Gasteiger partial charge in [0.25, 0.3) is 5.91 Å². The number of amides is 2. The van der Waals surface area contributed by atoms with Gasteiger partial charge in [0, 0.05) is 30.2 Å². The lowest BCUT2D eigenvalue weighted by Gasteiger charge is -2.07. The predicted molar refractivity (Wildman–Crippen MR) is 100 cm³/mol. The molecule has 0 aliphatic heterocycles. The normalized spacial score (nSPS) is 12.6. The highest BCUT2D eigenvalue weighted by Crippen LogP contribution is 2.27. The number of fused-ring (bicyclic) bond motifs is 1. The Balaban J connectivity index is 1.48. The lowest BCUT2D eigenvalue weighted by Crippen LogP contribution is -2.43. The number of aryl methyl sites for hydroxylation is 1. The van der Waals surface area contributed by atoms with E-state index < -0.39 is 0 Å². The molecule has 138 valence electrons. The number of carbonyl (C=O) groups is 2. The smallest absolute Gasteiger partial charge is 0.290 e. The molecule has 0 saturated heterocycles. The minimum atomic E-state index is -0.386. The summed E-state index contributed by atoms with van der Waals surface area (Å²) in [4.78, 5) is 24.7. The van der Waals surface area contributed by atoms with E-state index >= 15 is 0 Å². The molecule has 2 aromatic heterocycles. The summed E-state index contributed by atoms with van der Waals surface area (Å²) >= 11 is 0. The summed E-state index contributed by atoms with van der Waals surface area (Å²) in [6, 6.07) is 13.5. The number of benzene rings is 1. The van der Waals surface area contributed by atoms with Gasteiger partial charge in [-0.3, -0.25) is 20.4 Å². The molecule has 0 spiro atoms. The Kier molecular flexibility index (Phi) is 4.50. The van der Waals surface area contributed by atoms with Gasteiger partial charge in [-0.15, -0.1) is 0 Å². The van der Waals surface area contributed by atoms with Crippen molar-refractivity contribution in [3.05, 3.63) is 71.3 Å². The van der Waals surface area contributed by atoms with E-state index in [0.29, 0.717) is 5.69 Å². The van der Waals surface area contributed by atoms with Crippen molar-refractivity contribution >= 4 is 11.8 Å². The summed E-state index contributed by atoms with van der Waals surface area (Å²) < 4.78 is 3.71. The van der Waals surface area contributed by atoms with Gasteiger partial charge >= 0.3 is 0 Å². The number of nitrogens with zero attached hydrogens (tertiary/aromatic N) is 3. The molecule has 7 nitrogen and oxygen atoms in total. The first kappa shape index (κ1) is 17.1. The van der Waals surface area contributed by atoms with Crippen LogP contribution in [0.5, 0.6) is 0 Å². The molecule has 1 aliphatic rings. The van der Waals surface area contributed by atoms with Crippen LogP contribution in [0.3, 0.4) is 0 Å². The van der Waals surface area contributed by atoms with Crippen LogP contribution in [-0.4, -0.2) is 26.2 Å². The van der Waals surface area contributed by atoms with Gasteiger partial charge in [0.05, 0.1) is 12.1 Å². The van der Waals surface area contributed by atoms with Gasteiger partial charge in [-0.05, 0) is 43.5 Å². The third-order valence-electron chi connectivity index (χ3n) is 4.85. The minimum Gasteiger partial charge on any atom is -0.354 e. The molecule has 7 heteroatoms. The van der Waals surface area contributed by atoms with Crippen molar-refractivity contribution in [1.29, 1.82) is 0 Å². The van der Waals surface area contributed by atoms with E-state index in [4.69, 9.17) is 0 Å². The van der Waals surface area contributed by atoms with E-state index in [1.54, 1.807) is 0 Å². The molecule has 2 amide bonds. The van der Waals surface area contributed by atoms with E-state index in [1.165, 1.54) is 0 Å². The fourth-order valence-corrected chi connectivity index (χ4v) is 3.48. The molecule has 2 N–H and O–H groups in total. The molecule has 0 atom stereocenters. The number of hydrogen-bond donors (Lipinski definition) is 2. The van der Waals surface area contributed by atoms with Gasteiger partial charge in [0.1, 0.15) is 0 Å². The summed E-state index contributed by atoms with van der Waals surface area (Å²) in [6.45, 7) is 0. The lowest BCUT2D eigenvalue weighted by atomic mass is 10.2. The minimum absolute atomic E-state index is 0.195. The highest BCUT2D eigenvalue weighted by atomic mass is 16.2. The molecule has 0 saturated carbocycles. The predicted octanol–water partition coefficient (Wildman–Crippen LogP) is 1.70. The second-order valence-electron chi connectivity index (χ2n) is 6.66. The zero-order valence-corrected chi connectivity index (χ0v) is 15.1. The van der Waals surface area contributed by atoms with Crippen molar-refractivity contribution in [1.82, 2.24) is 25.2 Å². The zero-order valence-electron chi connectivity index (χ0n) is 15.1. The number of para-hydroxylation sites is 1. The molecule has 27 heavy (non-hydrogen) atoms.